The summed E-state index contributed by atoms with van der Waals surface area (Å²) in [5.41, 5.74) is 6.91. The van der Waals surface area contributed by atoms with Crippen molar-refractivity contribution < 1.29 is 9.59 Å². The molecule has 3 N–H and O–H groups in total. The Bertz CT molecular complexity index is 633. The summed E-state index contributed by atoms with van der Waals surface area (Å²) in [4.78, 5) is 25.4. The Morgan fingerprint density at radius 1 is 1.17 bits per heavy atom. The van der Waals surface area contributed by atoms with E-state index in [1.807, 2.05) is 20.8 Å². The monoisotopic (exact) mass is 336 g/mol. The number of rotatable bonds is 2. The molecule has 1 aliphatic rings. The Kier molecular flexibility index (Phi) is 4.64. The molecule has 0 bridgehead atoms. The van der Waals surface area contributed by atoms with Gasteiger partial charge in [-0.1, -0.05) is 41.5 Å². The molecular weight excluding hydrogens is 308 g/mol. The molecule has 1 aromatic rings. The molecule has 5 heteroatoms. The number of fused-ring (bicyclic) bond motifs is 1. The van der Waals surface area contributed by atoms with E-state index in [0.717, 1.165) is 24.8 Å². The van der Waals surface area contributed by atoms with Gasteiger partial charge in [0, 0.05) is 10.3 Å². The zero-order valence-corrected chi connectivity index (χ0v) is 15.8. The number of amides is 2. The Morgan fingerprint density at radius 2 is 1.78 bits per heavy atom. The number of nitrogens with one attached hydrogen (secondary N) is 1. The smallest absolute Gasteiger partial charge is 0.251 e. The second-order valence-corrected chi connectivity index (χ2v) is 9.69. The highest BCUT2D eigenvalue weighted by Gasteiger charge is 2.34. The summed E-state index contributed by atoms with van der Waals surface area (Å²) in [6.07, 6.45) is 2.87. The highest BCUT2D eigenvalue weighted by atomic mass is 32.1. The lowest BCUT2D eigenvalue weighted by Crippen LogP contribution is -2.29. The van der Waals surface area contributed by atoms with Crippen LogP contribution in [0.2, 0.25) is 0 Å². The number of anilines is 1. The summed E-state index contributed by atoms with van der Waals surface area (Å²) < 4.78 is 0. The summed E-state index contributed by atoms with van der Waals surface area (Å²) in [6.45, 7) is 12.3. The van der Waals surface area contributed by atoms with E-state index in [1.165, 1.54) is 16.2 Å². The lowest BCUT2D eigenvalue weighted by Gasteiger charge is -2.33. The molecule has 0 saturated carbocycles. The molecule has 1 atom stereocenters. The Morgan fingerprint density at radius 3 is 2.26 bits per heavy atom. The first-order chi connectivity index (χ1) is 10.4. The van der Waals surface area contributed by atoms with E-state index in [9.17, 15) is 9.59 Å². The van der Waals surface area contributed by atoms with E-state index in [0.29, 0.717) is 16.5 Å². The molecular formula is C18H28N2O2S. The standard InChI is InChI=1S/C18H28N2O2S/c1-17(2,3)10-7-8-11-12(9-10)23-15(13(11)14(19)21)20-16(22)18(4,5)6/h10H,7-9H2,1-6H3,(H2,19,21)(H,20,22). The van der Waals surface area contributed by atoms with Gasteiger partial charge in [0.1, 0.15) is 5.00 Å². The molecule has 0 spiro atoms. The van der Waals surface area contributed by atoms with Crippen molar-refractivity contribution in [1.82, 2.24) is 0 Å². The molecule has 1 unspecified atom stereocenters. The average molecular weight is 337 g/mol. The van der Waals surface area contributed by atoms with Crippen molar-refractivity contribution in [2.45, 2.75) is 60.8 Å². The molecule has 1 aromatic heterocycles. The van der Waals surface area contributed by atoms with Crippen LogP contribution in [0.5, 0.6) is 0 Å². The summed E-state index contributed by atoms with van der Waals surface area (Å²) >= 11 is 1.52. The average Bonchev–Trinajstić information content (AvgIpc) is 2.73. The van der Waals surface area contributed by atoms with Crippen molar-refractivity contribution >= 4 is 28.2 Å². The topological polar surface area (TPSA) is 72.2 Å². The first-order valence-electron chi connectivity index (χ1n) is 8.17. The minimum absolute atomic E-state index is 0.0917. The Hall–Kier alpha value is -1.36. The fourth-order valence-electron chi connectivity index (χ4n) is 2.96. The van der Waals surface area contributed by atoms with E-state index >= 15 is 0 Å². The minimum atomic E-state index is -0.507. The number of carbonyl (C=O) groups excluding carboxylic acids is 2. The predicted molar refractivity (Wildman–Crippen MR) is 95.9 cm³/mol. The minimum Gasteiger partial charge on any atom is -0.365 e. The third-order valence-corrected chi connectivity index (χ3v) is 5.81. The Labute approximate surface area is 142 Å². The van der Waals surface area contributed by atoms with Crippen molar-refractivity contribution in [1.29, 1.82) is 0 Å². The Balaban J connectivity index is 2.37. The van der Waals surface area contributed by atoms with Crippen molar-refractivity contribution in [2.75, 3.05) is 5.32 Å². The van der Waals surface area contributed by atoms with Gasteiger partial charge >= 0.3 is 0 Å². The van der Waals surface area contributed by atoms with Crippen LogP contribution < -0.4 is 11.1 Å². The molecule has 0 saturated heterocycles. The van der Waals surface area contributed by atoms with Crippen molar-refractivity contribution in [3.05, 3.63) is 16.0 Å². The van der Waals surface area contributed by atoms with Crippen molar-refractivity contribution in [3.8, 4) is 0 Å². The molecule has 4 nitrogen and oxygen atoms in total. The molecule has 0 aromatic carbocycles. The van der Waals surface area contributed by atoms with Gasteiger partial charge in [-0.25, -0.2) is 0 Å². The second kappa shape index (κ2) is 5.93. The first-order valence-corrected chi connectivity index (χ1v) is 8.98. The number of carbonyl (C=O) groups is 2. The van der Waals surface area contributed by atoms with Gasteiger partial charge in [-0.3, -0.25) is 9.59 Å². The van der Waals surface area contributed by atoms with Gasteiger partial charge in [-0.2, -0.15) is 0 Å². The fraction of sp³-hybridized carbons (Fsp3) is 0.667. The molecule has 0 fully saturated rings. The van der Waals surface area contributed by atoms with Crippen molar-refractivity contribution in [2.24, 2.45) is 22.5 Å². The lowest BCUT2D eigenvalue weighted by molar-refractivity contribution is -0.123. The van der Waals surface area contributed by atoms with Crippen LogP contribution in [-0.4, -0.2) is 11.8 Å². The van der Waals surface area contributed by atoms with Crippen LogP contribution in [0.1, 0.15) is 68.8 Å². The fourth-order valence-corrected chi connectivity index (χ4v) is 4.29. The molecule has 1 aliphatic carbocycles. The van der Waals surface area contributed by atoms with Crippen LogP contribution in [0.15, 0.2) is 0 Å². The van der Waals surface area contributed by atoms with E-state index < -0.39 is 11.3 Å². The summed E-state index contributed by atoms with van der Waals surface area (Å²) in [7, 11) is 0. The van der Waals surface area contributed by atoms with Gasteiger partial charge < -0.3 is 11.1 Å². The SMILES string of the molecule is CC(C)(C)C(=O)Nc1sc2c(c1C(N)=O)CCC(C(C)(C)C)C2. The van der Waals surface area contributed by atoms with Crippen LogP contribution in [0, 0.1) is 16.7 Å². The molecule has 128 valence electrons. The van der Waals surface area contributed by atoms with Gasteiger partial charge in [0.15, 0.2) is 0 Å². The first kappa shape index (κ1) is 18.0. The second-order valence-electron chi connectivity index (χ2n) is 8.58. The number of nitrogens with two attached hydrogens (primary N) is 1. The molecule has 0 aliphatic heterocycles. The van der Waals surface area contributed by atoms with E-state index in [2.05, 4.69) is 26.1 Å². The molecule has 2 rings (SSSR count). The van der Waals surface area contributed by atoms with Gasteiger partial charge in [-0.05, 0) is 36.2 Å². The van der Waals surface area contributed by atoms with E-state index in [4.69, 9.17) is 5.73 Å². The predicted octanol–water partition coefficient (Wildman–Crippen LogP) is 3.98. The molecule has 1 heterocycles. The van der Waals surface area contributed by atoms with Gasteiger partial charge in [0.25, 0.3) is 5.91 Å². The van der Waals surface area contributed by atoms with E-state index in [1.54, 1.807) is 0 Å². The molecule has 23 heavy (non-hydrogen) atoms. The summed E-state index contributed by atoms with van der Waals surface area (Å²) in [5, 5.41) is 3.54. The largest absolute Gasteiger partial charge is 0.365 e. The van der Waals surface area contributed by atoms with Crippen LogP contribution in [0.3, 0.4) is 0 Å². The molecule has 0 radical (unpaired) electrons. The zero-order valence-electron chi connectivity index (χ0n) is 15.0. The highest BCUT2D eigenvalue weighted by Crippen LogP contribution is 2.44. The van der Waals surface area contributed by atoms with Crippen LogP contribution in [0.4, 0.5) is 5.00 Å². The zero-order chi connectivity index (χ0) is 17.6. The van der Waals surface area contributed by atoms with E-state index in [-0.39, 0.29) is 11.3 Å². The maximum Gasteiger partial charge on any atom is 0.251 e. The third-order valence-electron chi connectivity index (χ3n) is 4.64. The van der Waals surface area contributed by atoms with Crippen molar-refractivity contribution in [3.63, 3.8) is 0 Å². The number of hydrogen-bond donors (Lipinski definition) is 2. The summed E-state index contributed by atoms with van der Waals surface area (Å²) in [5.74, 6) is 0.0485. The highest BCUT2D eigenvalue weighted by molar-refractivity contribution is 7.17. The maximum absolute atomic E-state index is 12.3. The lowest BCUT2D eigenvalue weighted by atomic mass is 9.72. The number of primary amides is 1. The normalized spacial score (nSPS) is 18.4. The quantitative estimate of drug-likeness (QED) is 0.857. The number of hydrogen-bond acceptors (Lipinski definition) is 3. The number of thiophene rings is 1. The maximum atomic E-state index is 12.3. The van der Waals surface area contributed by atoms with Crippen LogP contribution in [-0.2, 0) is 17.6 Å². The van der Waals surface area contributed by atoms with Gasteiger partial charge in [-0.15, -0.1) is 11.3 Å². The van der Waals surface area contributed by atoms with Crippen LogP contribution >= 0.6 is 11.3 Å². The third kappa shape index (κ3) is 3.77. The van der Waals surface area contributed by atoms with Gasteiger partial charge in [0.05, 0.1) is 5.56 Å². The van der Waals surface area contributed by atoms with Crippen LogP contribution in [0.25, 0.3) is 0 Å². The summed E-state index contributed by atoms with van der Waals surface area (Å²) in [6, 6.07) is 0. The van der Waals surface area contributed by atoms with Gasteiger partial charge in [0.2, 0.25) is 5.91 Å². The molecule has 2 amide bonds.